The van der Waals surface area contributed by atoms with Gasteiger partial charge in [-0.25, -0.2) is 4.98 Å². The van der Waals surface area contributed by atoms with Crippen LogP contribution in [0.2, 0.25) is 0 Å². The van der Waals surface area contributed by atoms with Crippen LogP contribution in [0.3, 0.4) is 0 Å². The first-order valence-corrected chi connectivity index (χ1v) is 7.82. The highest BCUT2D eigenvalue weighted by atomic mass is 32.1. The van der Waals surface area contributed by atoms with Crippen LogP contribution in [-0.2, 0) is 11.3 Å². The Morgan fingerprint density at radius 1 is 1.38 bits per heavy atom. The molecule has 1 N–H and O–H groups in total. The van der Waals surface area contributed by atoms with E-state index >= 15 is 0 Å². The smallest absolute Gasteiger partial charge is 0.220 e. The summed E-state index contributed by atoms with van der Waals surface area (Å²) in [7, 11) is 0. The Bertz CT molecular complexity index is 595. The van der Waals surface area contributed by atoms with E-state index in [1.165, 1.54) is 5.56 Å². The number of aryl methyl sites for hydroxylation is 2. The molecule has 0 saturated carbocycles. The molecule has 0 unspecified atom stereocenters. The van der Waals surface area contributed by atoms with Gasteiger partial charge >= 0.3 is 0 Å². The van der Waals surface area contributed by atoms with Crippen LogP contribution in [0.25, 0.3) is 0 Å². The predicted molar refractivity (Wildman–Crippen MR) is 84.6 cm³/mol. The summed E-state index contributed by atoms with van der Waals surface area (Å²) in [5.41, 5.74) is 1.17. The van der Waals surface area contributed by atoms with Crippen LogP contribution in [0.5, 0.6) is 5.75 Å². The highest BCUT2D eigenvalue weighted by Gasteiger charge is 2.03. The monoisotopic (exact) mass is 304 g/mol. The lowest BCUT2D eigenvalue weighted by molar-refractivity contribution is -0.121. The lowest BCUT2D eigenvalue weighted by Gasteiger charge is -2.07. The summed E-state index contributed by atoms with van der Waals surface area (Å²) in [5.74, 6) is 0.907. The number of amides is 1. The van der Waals surface area contributed by atoms with Gasteiger partial charge in [-0.1, -0.05) is 12.1 Å². The fourth-order valence-electron chi connectivity index (χ4n) is 1.89. The summed E-state index contributed by atoms with van der Waals surface area (Å²) in [5, 5.41) is 3.92. The minimum absolute atomic E-state index is 0.0499. The maximum Gasteiger partial charge on any atom is 0.220 e. The fourth-order valence-corrected chi connectivity index (χ4v) is 2.62. The number of rotatable bonds is 7. The molecule has 0 bridgehead atoms. The number of hydrogen-bond donors (Lipinski definition) is 1. The van der Waals surface area contributed by atoms with E-state index in [0.29, 0.717) is 26.0 Å². The van der Waals surface area contributed by atoms with Gasteiger partial charge in [0.05, 0.1) is 18.2 Å². The minimum Gasteiger partial charge on any atom is -0.494 e. The molecular formula is C16H20N2O2S. The van der Waals surface area contributed by atoms with Crippen LogP contribution in [-0.4, -0.2) is 17.5 Å². The number of carbonyl (C=O) groups is 1. The van der Waals surface area contributed by atoms with E-state index in [1.807, 2.05) is 38.1 Å². The van der Waals surface area contributed by atoms with Crippen molar-refractivity contribution in [2.75, 3.05) is 6.61 Å². The van der Waals surface area contributed by atoms with Crippen LogP contribution in [0, 0.1) is 13.8 Å². The Morgan fingerprint density at radius 3 is 2.95 bits per heavy atom. The van der Waals surface area contributed by atoms with Crippen molar-refractivity contribution in [1.82, 2.24) is 10.3 Å². The first kappa shape index (κ1) is 15.5. The Morgan fingerprint density at radius 2 is 2.24 bits per heavy atom. The topological polar surface area (TPSA) is 51.2 Å². The third kappa shape index (κ3) is 5.55. The average molecular weight is 304 g/mol. The van der Waals surface area contributed by atoms with Gasteiger partial charge in [0.15, 0.2) is 0 Å². The van der Waals surface area contributed by atoms with E-state index in [0.717, 1.165) is 15.6 Å². The van der Waals surface area contributed by atoms with Gasteiger partial charge in [-0.2, -0.15) is 0 Å². The van der Waals surface area contributed by atoms with E-state index in [4.69, 9.17) is 4.74 Å². The van der Waals surface area contributed by atoms with Gasteiger partial charge in [0, 0.05) is 17.5 Å². The molecule has 112 valence electrons. The maximum absolute atomic E-state index is 11.7. The second-order valence-electron chi connectivity index (χ2n) is 4.89. The van der Waals surface area contributed by atoms with Gasteiger partial charge in [0.1, 0.15) is 5.75 Å². The van der Waals surface area contributed by atoms with Crippen molar-refractivity contribution < 1.29 is 9.53 Å². The Labute approximate surface area is 129 Å². The molecule has 2 rings (SSSR count). The number of benzene rings is 1. The second kappa shape index (κ2) is 7.78. The van der Waals surface area contributed by atoms with Gasteiger partial charge in [-0.05, 0) is 38.0 Å². The fraction of sp³-hybridized carbons (Fsp3) is 0.375. The van der Waals surface area contributed by atoms with Crippen molar-refractivity contribution in [2.24, 2.45) is 0 Å². The van der Waals surface area contributed by atoms with Crippen LogP contribution < -0.4 is 10.1 Å². The van der Waals surface area contributed by atoms with Crippen molar-refractivity contribution in [1.29, 1.82) is 0 Å². The lowest BCUT2D eigenvalue weighted by atomic mass is 10.2. The predicted octanol–water partition coefficient (Wildman–Crippen LogP) is 3.24. The molecule has 2 aromatic rings. The standard InChI is InChI=1S/C16H20N2O2S/c1-12-5-3-6-14(9-12)20-8-4-7-16(19)18-11-15-10-17-13(2)21-15/h3,5-6,9-10H,4,7-8,11H2,1-2H3,(H,18,19). The number of nitrogens with one attached hydrogen (secondary N) is 1. The Hall–Kier alpha value is -1.88. The quantitative estimate of drug-likeness (QED) is 0.799. The molecule has 1 aromatic carbocycles. The summed E-state index contributed by atoms with van der Waals surface area (Å²) < 4.78 is 5.62. The lowest BCUT2D eigenvalue weighted by Crippen LogP contribution is -2.22. The molecule has 1 amide bonds. The highest BCUT2D eigenvalue weighted by molar-refractivity contribution is 7.11. The third-order valence-electron chi connectivity index (χ3n) is 2.94. The van der Waals surface area contributed by atoms with Crippen LogP contribution in [0.15, 0.2) is 30.5 Å². The summed E-state index contributed by atoms with van der Waals surface area (Å²) in [6.07, 6.45) is 2.99. The van der Waals surface area contributed by atoms with Crippen molar-refractivity contribution >= 4 is 17.2 Å². The summed E-state index contributed by atoms with van der Waals surface area (Å²) in [6.45, 7) is 5.10. The van der Waals surface area contributed by atoms with Crippen molar-refractivity contribution in [3.8, 4) is 5.75 Å². The third-order valence-corrected chi connectivity index (χ3v) is 3.85. The molecule has 1 heterocycles. The van der Waals surface area contributed by atoms with E-state index in [-0.39, 0.29) is 5.91 Å². The van der Waals surface area contributed by atoms with E-state index < -0.39 is 0 Å². The second-order valence-corrected chi connectivity index (χ2v) is 6.21. The zero-order chi connectivity index (χ0) is 15.1. The van der Waals surface area contributed by atoms with E-state index in [1.54, 1.807) is 17.5 Å². The van der Waals surface area contributed by atoms with Gasteiger partial charge in [-0.15, -0.1) is 11.3 Å². The van der Waals surface area contributed by atoms with Gasteiger partial charge in [0.25, 0.3) is 0 Å². The Kier molecular flexibility index (Phi) is 5.75. The van der Waals surface area contributed by atoms with Gasteiger partial charge in [-0.3, -0.25) is 4.79 Å². The van der Waals surface area contributed by atoms with Crippen molar-refractivity contribution in [3.63, 3.8) is 0 Å². The zero-order valence-electron chi connectivity index (χ0n) is 12.4. The zero-order valence-corrected chi connectivity index (χ0v) is 13.2. The van der Waals surface area contributed by atoms with E-state index in [9.17, 15) is 4.79 Å². The number of hydrogen-bond acceptors (Lipinski definition) is 4. The molecule has 0 fully saturated rings. The number of aromatic nitrogens is 1. The minimum atomic E-state index is 0.0499. The molecule has 0 aliphatic carbocycles. The van der Waals surface area contributed by atoms with E-state index in [2.05, 4.69) is 10.3 Å². The molecule has 0 saturated heterocycles. The number of nitrogens with zero attached hydrogens (tertiary/aromatic N) is 1. The normalized spacial score (nSPS) is 10.4. The van der Waals surface area contributed by atoms with Gasteiger partial charge in [0.2, 0.25) is 5.91 Å². The molecule has 21 heavy (non-hydrogen) atoms. The van der Waals surface area contributed by atoms with Crippen LogP contribution >= 0.6 is 11.3 Å². The molecule has 1 aromatic heterocycles. The Balaban J connectivity index is 1.61. The number of thiazole rings is 1. The maximum atomic E-state index is 11.7. The van der Waals surface area contributed by atoms with Crippen molar-refractivity contribution in [2.45, 2.75) is 33.2 Å². The molecule has 0 radical (unpaired) electrons. The molecule has 5 heteroatoms. The molecule has 0 atom stereocenters. The number of ether oxygens (including phenoxy) is 1. The summed E-state index contributed by atoms with van der Waals surface area (Å²) in [4.78, 5) is 16.9. The van der Waals surface area contributed by atoms with Crippen LogP contribution in [0.4, 0.5) is 0 Å². The SMILES string of the molecule is Cc1cccc(OCCCC(=O)NCc2cnc(C)s2)c1. The largest absolute Gasteiger partial charge is 0.494 e. The first-order chi connectivity index (χ1) is 10.1. The first-order valence-electron chi connectivity index (χ1n) is 7.01. The van der Waals surface area contributed by atoms with Gasteiger partial charge < -0.3 is 10.1 Å². The molecule has 0 aliphatic rings. The molecule has 0 spiro atoms. The highest BCUT2D eigenvalue weighted by Crippen LogP contribution is 2.13. The average Bonchev–Trinajstić information content (AvgIpc) is 2.87. The summed E-state index contributed by atoms with van der Waals surface area (Å²) in [6, 6.07) is 7.92. The van der Waals surface area contributed by atoms with Crippen LogP contribution in [0.1, 0.15) is 28.3 Å². The number of carbonyl (C=O) groups excluding carboxylic acids is 1. The molecule has 4 nitrogen and oxygen atoms in total. The van der Waals surface area contributed by atoms with Crippen molar-refractivity contribution in [3.05, 3.63) is 45.9 Å². The summed E-state index contributed by atoms with van der Waals surface area (Å²) >= 11 is 1.61. The molecule has 0 aliphatic heterocycles. The molecular weight excluding hydrogens is 284 g/mol.